The third-order valence-electron chi connectivity index (χ3n) is 5.24. The van der Waals surface area contributed by atoms with Crippen molar-refractivity contribution in [1.82, 2.24) is 4.90 Å². The lowest BCUT2D eigenvalue weighted by molar-refractivity contribution is -0.274. The SMILES string of the molecule is C=C(/N=C(\N=C(/C)c1ccc(OC(F)(F)F)cc1)C1CC1)N1CCC(C(N)=O)CC1. The summed E-state index contributed by atoms with van der Waals surface area (Å²) in [7, 11) is 0. The third kappa shape index (κ3) is 6.08. The van der Waals surface area contributed by atoms with E-state index in [0.717, 1.165) is 12.8 Å². The molecule has 162 valence electrons. The maximum absolute atomic E-state index is 12.3. The number of likely N-dealkylation sites (tertiary alicyclic amines) is 1. The molecule has 1 heterocycles. The largest absolute Gasteiger partial charge is 0.573 e. The number of amidine groups is 1. The highest BCUT2D eigenvalue weighted by Gasteiger charge is 2.31. The van der Waals surface area contributed by atoms with Crippen molar-refractivity contribution in [3.8, 4) is 5.75 Å². The molecule has 0 aromatic heterocycles. The van der Waals surface area contributed by atoms with Gasteiger partial charge in [0.25, 0.3) is 0 Å². The third-order valence-corrected chi connectivity index (χ3v) is 5.24. The summed E-state index contributed by atoms with van der Waals surface area (Å²) < 4.78 is 40.8. The number of nitrogens with two attached hydrogens (primary N) is 1. The number of carbonyl (C=O) groups is 1. The van der Waals surface area contributed by atoms with Gasteiger partial charge in [0.1, 0.15) is 17.4 Å². The number of nitrogens with zero attached hydrogens (tertiary/aromatic N) is 3. The Balaban J connectivity index is 1.69. The highest BCUT2D eigenvalue weighted by Crippen LogP contribution is 2.33. The van der Waals surface area contributed by atoms with Crippen LogP contribution in [0.5, 0.6) is 5.75 Å². The van der Waals surface area contributed by atoms with E-state index in [2.05, 4.69) is 21.3 Å². The lowest BCUT2D eigenvalue weighted by Gasteiger charge is -2.31. The second kappa shape index (κ2) is 8.89. The fourth-order valence-electron chi connectivity index (χ4n) is 3.31. The molecule has 1 aliphatic heterocycles. The molecule has 0 radical (unpaired) electrons. The van der Waals surface area contributed by atoms with Crippen LogP contribution >= 0.6 is 0 Å². The highest BCUT2D eigenvalue weighted by atomic mass is 19.4. The van der Waals surface area contributed by atoms with Crippen LogP contribution in [0.3, 0.4) is 0 Å². The molecule has 1 aliphatic carbocycles. The number of piperidine rings is 1. The number of ether oxygens (including phenoxy) is 1. The Morgan fingerprint density at radius 1 is 1.10 bits per heavy atom. The molecule has 0 atom stereocenters. The maximum Gasteiger partial charge on any atom is 0.573 e. The number of alkyl halides is 3. The number of primary amides is 1. The number of hydrogen-bond acceptors (Lipinski definition) is 4. The average molecular weight is 422 g/mol. The minimum Gasteiger partial charge on any atom is -0.406 e. The van der Waals surface area contributed by atoms with Gasteiger partial charge in [0.15, 0.2) is 0 Å². The molecule has 1 aromatic carbocycles. The van der Waals surface area contributed by atoms with E-state index in [4.69, 9.17) is 5.73 Å². The molecular formula is C21H25F3N4O2. The van der Waals surface area contributed by atoms with Gasteiger partial charge < -0.3 is 15.4 Å². The molecule has 1 saturated heterocycles. The number of halogens is 3. The van der Waals surface area contributed by atoms with Gasteiger partial charge >= 0.3 is 6.36 Å². The van der Waals surface area contributed by atoms with Gasteiger partial charge in [-0.15, -0.1) is 13.2 Å². The topological polar surface area (TPSA) is 80.3 Å². The molecule has 1 saturated carbocycles. The summed E-state index contributed by atoms with van der Waals surface area (Å²) in [6.07, 6.45) is -1.38. The number of aliphatic imine (C=N–C) groups is 2. The van der Waals surface area contributed by atoms with Crippen LogP contribution in [0.15, 0.2) is 46.7 Å². The molecule has 0 unspecified atom stereocenters. The Hall–Kier alpha value is -2.84. The summed E-state index contributed by atoms with van der Waals surface area (Å²) in [6.45, 7) is 7.17. The monoisotopic (exact) mass is 422 g/mol. The van der Waals surface area contributed by atoms with Crippen LogP contribution in [0.4, 0.5) is 13.2 Å². The second-order valence-electron chi connectivity index (χ2n) is 7.59. The lowest BCUT2D eigenvalue weighted by atomic mass is 9.96. The minimum absolute atomic E-state index is 0.106. The molecule has 6 nitrogen and oxygen atoms in total. The van der Waals surface area contributed by atoms with Gasteiger partial charge in [0, 0.05) is 30.6 Å². The van der Waals surface area contributed by atoms with Gasteiger partial charge in [-0.1, -0.05) is 6.58 Å². The first-order valence-electron chi connectivity index (χ1n) is 9.85. The molecule has 0 bridgehead atoms. The van der Waals surface area contributed by atoms with Crippen molar-refractivity contribution in [3.05, 3.63) is 42.2 Å². The molecule has 3 rings (SSSR count). The average Bonchev–Trinajstić information content (AvgIpc) is 3.52. The number of carbonyl (C=O) groups excluding carboxylic acids is 1. The van der Waals surface area contributed by atoms with Gasteiger partial charge in [-0.3, -0.25) is 4.79 Å². The molecule has 2 fully saturated rings. The summed E-state index contributed by atoms with van der Waals surface area (Å²) in [4.78, 5) is 22.6. The van der Waals surface area contributed by atoms with E-state index in [1.54, 1.807) is 6.92 Å². The highest BCUT2D eigenvalue weighted by molar-refractivity contribution is 6.07. The standard InChI is InChI=1S/C21H25F3N4O2/c1-13(15-5-7-18(8-6-15)30-21(22,23)24)26-20(17-3-4-17)27-14(2)28-11-9-16(10-12-28)19(25)29/h5-8,16-17H,2-4,9-12H2,1H3,(H2,25,29)/b26-13+,27-20-. The van der Waals surface area contributed by atoms with Gasteiger partial charge in [0.05, 0.1) is 0 Å². The van der Waals surface area contributed by atoms with Gasteiger partial charge in [0.2, 0.25) is 5.91 Å². The Morgan fingerprint density at radius 3 is 2.20 bits per heavy atom. The smallest absolute Gasteiger partial charge is 0.406 e. The second-order valence-corrected chi connectivity index (χ2v) is 7.59. The van der Waals surface area contributed by atoms with Gasteiger partial charge in [-0.05, 0) is 62.4 Å². The van der Waals surface area contributed by atoms with Crippen molar-refractivity contribution in [2.24, 2.45) is 27.6 Å². The van der Waals surface area contributed by atoms with Crippen LogP contribution in [0.2, 0.25) is 0 Å². The van der Waals surface area contributed by atoms with Crippen LogP contribution in [0.25, 0.3) is 0 Å². The molecule has 2 N–H and O–H groups in total. The summed E-state index contributed by atoms with van der Waals surface area (Å²) >= 11 is 0. The first-order valence-corrected chi connectivity index (χ1v) is 9.85. The van der Waals surface area contributed by atoms with E-state index < -0.39 is 6.36 Å². The van der Waals surface area contributed by atoms with E-state index >= 15 is 0 Å². The number of rotatable bonds is 6. The van der Waals surface area contributed by atoms with E-state index in [1.807, 2.05) is 4.90 Å². The molecule has 30 heavy (non-hydrogen) atoms. The Bertz CT molecular complexity index is 850. The zero-order valence-electron chi connectivity index (χ0n) is 16.8. The molecule has 0 spiro atoms. The van der Waals surface area contributed by atoms with Crippen molar-refractivity contribution in [2.75, 3.05) is 13.1 Å². The van der Waals surface area contributed by atoms with Crippen molar-refractivity contribution in [1.29, 1.82) is 0 Å². The first-order chi connectivity index (χ1) is 14.1. The van der Waals surface area contributed by atoms with Crippen molar-refractivity contribution >= 4 is 17.5 Å². The normalized spacial score (nSPS) is 19.0. The fraction of sp³-hybridized carbons (Fsp3) is 0.476. The first kappa shape index (κ1) is 21.9. The molecule has 2 aliphatic rings. The Kier molecular flexibility index (Phi) is 6.48. The van der Waals surface area contributed by atoms with Crippen molar-refractivity contribution in [2.45, 2.75) is 39.0 Å². The quantitative estimate of drug-likeness (QED) is 0.558. The Morgan fingerprint density at radius 2 is 1.70 bits per heavy atom. The minimum atomic E-state index is -4.72. The Labute approximate surface area is 173 Å². The van der Waals surface area contributed by atoms with Crippen LogP contribution in [0, 0.1) is 11.8 Å². The van der Waals surface area contributed by atoms with E-state index in [-0.39, 0.29) is 23.5 Å². The zero-order chi connectivity index (χ0) is 21.9. The summed E-state index contributed by atoms with van der Waals surface area (Å²) in [6, 6.07) is 5.59. The van der Waals surface area contributed by atoms with Crippen LogP contribution < -0.4 is 10.5 Å². The number of hydrogen-bond donors (Lipinski definition) is 1. The molecule has 9 heteroatoms. The number of benzene rings is 1. The summed E-state index contributed by atoms with van der Waals surface area (Å²) in [5.74, 6) is 0.880. The van der Waals surface area contributed by atoms with Gasteiger partial charge in [-0.25, -0.2) is 9.98 Å². The van der Waals surface area contributed by atoms with E-state index in [9.17, 15) is 18.0 Å². The molecule has 1 amide bonds. The van der Waals surface area contributed by atoms with Crippen LogP contribution in [-0.4, -0.2) is 41.8 Å². The van der Waals surface area contributed by atoms with E-state index in [1.165, 1.54) is 24.3 Å². The van der Waals surface area contributed by atoms with Gasteiger partial charge in [-0.2, -0.15) is 0 Å². The maximum atomic E-state index is 12.3. The van der Waals surface area contributed by atoms with Crippen LogP contribution in [0.1, 0.15) is 38.2 Å². The predicted molar refractivity (Wildman–Crippen MR) is 108 cm³/mol. The zero-order valence-corrected chi connectivity index (χ0v) is 16.8. The number of amides is 1. The van der Waals surface area contributed by atoms with Crippen molar-refractivity contribution < 1.29 is 22.7 Å². The predicted octanol–water partition coefficient (Wildman–Crippen LogP) is 3.87. The fourth-order valence-corrected chi connectivity index (χ4v) is 3.31. The lowest BCUT2D eigenvalue weighted by Crippen LogP contribution is -2.37. The summed E-state index contributed by atoms with van der Waals surface area (Å²) in [5.41, 5.74) is 6.72. The van der Waals surface area contributed by atoms with Crippen molar-refractivity contribution in [3.63, 3.8) is 0 Å². The molecule has 1 aromatic rings. The van der Waals surface area contributed by atoms with E-state index in [0.29, 0.717) is 48.9 Å². The van der Waals surface area contributed by atoms with Crippen LogP contribution in [-0.2, 0) is 4.79 Å². The summed E-state index contributed by atoms with van der Waals surface area (Å²) in [5, 5.41) is 0. The molecular weight excluding hydrogens is 397 g/mol.